The third-order valence-electron chi connectivity index (χ3n) is 8.29. The van der Waals surface area contributed by atoms with Gasteiger partial charge in [0.1, 0.15) is 23.0 Å². The maximum atomic E-state index is 11.6. The van der Waals surface area contributed by atoms with Crippen molar-refractivity contribution in [1.29, 1.82) is 0 Å². The molecule has 5 unspecified atom stereocenters. The summed E-state index contributed by atoms with van der Waals surface area (Å²) in [5, 5.41) is 20.3. The van der Waals surface area contributed by atoms with Gasteiger partial charge in [0.25, 0.3) is 0 Å². The van der Waals surface area contributed by atoms with E-state index in [1.54, 1.807) is 0 Å². The van der Waals surface area contributed by atoms with Gasteiger partial charge in [-0.3, -0.25) is 4.79 Å². The summed E-state index contributed by atoms with van der Waals surface area (Å²) in [6.07, 6.45) is 6.14. The zero-order valence-corrected chi connectivity index (χ0v) is 17.5. The summed E-state index contributed by atoms with van der Waals surface area (Å²) < 4.78 is 12.1. The van der Waals surface area contributed by atoms with Crippen LogP contribution in [0.15, 0.2) is 6.07 Å². The van der Waals surface area contributed by atoms with Crippen LogP contribution < -0.4 is 4.74 Å². The maximum absolute atomic E-state index is 11.6. The third-order valence-corrected chi connectivity index (χ3v) is 8.29. The summed E-state index contributed by atoms with van der Waals surface area (Å²) >= 11 is 0. The van der Waals surface area contributed by atoms with Crippen LogP contribution in [0.4, 0.5) is 0 Å². The summed E-state index contributed by atoms with van der Waals surface area (Å²) in [4.78, 5) is 11.6. The zero-order valence-electron chi connectivity index (χ0n) is 17.5. The van der Waals surface area contributed by atoms with Crippen LogP contribution in [0.2, 0.25) is 0 Å². The lowest BCUT2D eigenvalue weighted by molar-refractivity contribution is -0.108. The van der Waals surface area contributed by atoms with Crippen molar-refractivity contribution in [2.24, 2.45) is 22.7 Å². The van der Waals surface area contributed by atoms with E-state index in [0.717, 1.165) is 12.8 Å². The van der Waals surface area contributed by atoms with E-state index in [-0.39, 0.29) is 33.8 Å². The largest absolute Gasteiger partial charge is 0.504 e. The number of aromatic hydroxyl groups is 2. The molecule has 0 bridgehead atoms. The molecule has 2 aliphatic carbocycles. The van der Waals surface area contributed by atoms with Crippen molar-refractivity contribution in [2.45, 2.75) is 71.5 Å². The first-order valence-electron chi connectivity index (χ1n) is 10.4. The molecule has 28 heavy (non-hydrogen) atoms. The lowest BCUT2D eigenvalue weighted by Gasteiger charge is -2.58. The van der Waals surface area contributed by atoms with Gasteiger partial charge in [0.2, 0.25) is 0 Å². The van der Waals surface area contributed by atoms with Gasteiger partial charge in [0, 0.05) is 11.0 Å². The molecule has 0 amide bonds. The summed E-state index contributed by atoms with van der Waals surface area (Å²) in [5.41, 5.74) is 0.613. The molecule has 1 aromatic carbocycles. The van der Waals surface area contributed by atoms with Crippen LogP contribution in [0.5, 0.6) is 17.2 Å². The van der Waals surface area contributed by atoms with Gasteiger partial charge in [-0.25, -0.2) is 0 Å². The van der Waals surface area contributed by atoms with E-state index in [1.165, 1.54) is 32.4 Å². The first-order chi connectivity index (χ1) is 13.1. The summed E-state index contributed by atoms with van der Waals surface area (Å²) in [6.45, 7) is 9.40. The van der Waals surface area contributed by atoms with E-state index in [9.17, 15) is 15.0 Å². The molecule has 4 rings (SSSR count). The van der Waals surface area contributed by atoms with Crippen molar-refractivity contribution in [2.75, 3.05) is 7.11 Å². The number of phenolic OH excluding ortho intramolecular Hbond substituents is 2. The van der Waals surface area contributed by atoms with Crippen LogP contribution in [-0.2, 0) is 4.74 Å². The lowest BCUT2D eigenvalue weighted by Crippen LogP contribution is -2.56. The molecule has 5 heteroatoms. The highest BCUT2D eigenvalue weighted by Crippen LogP contribution is 2.75. The molecule has 3 fully saturated rings. The number of aldehydes is 1. The fraction of sp³-hybridized carbons (Fsp3) is 0.696. The van der Waals surface area contributed by atoms with Crippen LogP contribution in [0.25, 0.3) is 0 Å². The molecule has 0 radical (unpaired) electrons. The Bertz CT molecular complexity index is 816. The number of epoxide rings is 1. The molecule has 2 saturated carbocycles. The fourth-order valence-corrected chi connectivity index (χ4v) is 6.97. The quantitative estimate of drug-likeness (QED) is 0.433. The van der Waals surface area contributed by atoms with Crippen LogP contribution >= 0.6 is 0 Å². The van der Waals surface area contributed by atoms with Gasteiger partial charge >= 0.3 is 0 Å². The molecule has 1 aliphatic heterocycles. The second-order valence-electron chi connectivity index (χ2n) is 9.98. The van der Waals surface area contributed by atoms with Gasteiger partial charge in [0.05, 0.1) is 7.11 Å². The van der Waals surface area contributed by atoms with Gasteiger partial charge in [-0.2, -0.15) is 0 Å². The average Bonchev–Trinajstić information content (AvgIpc) is 3.38. The van der Waals surface area contributed by atoms with Gasteiger partial charge < -0.3 is 19.7 Å². The van der Waals surface area contributed by atoms with E-state index >= 15 is 0 Å². The second kappa shape index (κ2) is 6.12. The van der Waals surface area contributed by atoms with Crippen LogP contribution in [0.3, 0.4) is 0 Å². The van der Waals surface area contributed by atoms with Crippen molar-refractivity contribution in [3.8, 4) is 17.2 Å². The van der Waals surface area contributed by atoms with Crippen molar-refractivity contribution in [1.82, 2.24) is 0 Å². The Morgan fingerprint density at radius 1 is 1.21 bits per heavy atom. The molecule has 154 valence electrons. The Labute approximate surface area is 167 Å². The summed E-state index contributed by atoms with van der Waals surface area (Å²) in [6, 6.07) is 1.51. The number of phenols is 2. The van der Waals surface area contributed by atoms with Crippen molar-refractivity contribution < 1.29 is 24.5 Å². The predicted octanol–water partition coefficient (Wildman–Crippen LogP) is 4.99. The van der Waals surface area contributed by atoms with E-state index in [0.29, 0.717) is 29.4 Å². The van der Waals surface area contributed by atoms with Crippen molar-refractivity contribution >= 4 is 6.29 Å². The minimum Gasteiger partial charge on any atom is -0.504 e. The highest BCUT2D eigenvalue weighted by Gasteiger charge is 2.75. The Hall–Kier alpha value is -1.75. The Morgan fingerprint density at radius 3 is 2.57 bits per heavy atom. The monoisotopic (exact) mass is 388 g/mol. The van der Waals surface area contributed by atoms with Crippen LogP contribution in [-0.4, -0.2) is 29.2 Å². The minimum absolute atomic E-state index is 0.0164. The number of carbonyl (C=O) groups is 1. The minimum atomic E-state index is -0.440. The first-order valence-corrected chi connectivity index (χ1v) is 10.4. The third kappa shape index (κ3) is 2.31. The molecule has 3 aliphatic rings. The Morgan fingerprint density at radius 2 is 1.93 bits per heavy atom. The number of benzene rings is 1. The summed E-state index contributed by atoms with van der Waals surface area (Å²) in [7, 11) is 1.48. The van der Waals surface area contributed by atoms with Gasteiger partial charge in [-0.15, -0.1) is 0 Å². The van der Waals surface area contributed by atoms with Gasteiger partial charge in [-0.05, 0) is 49.0 Å². The number of methoxy groups -OCH3 is 1. The molecule has 0 aromatic heterocycles. The molecule has 5 nitrogen and oxygen atoms in total. The number of rotatable bonds is 3. The predicted molar refractivity (Wildman–Crippen MR) is 106 cm³/mol. The highest BCUT2D eigenvalue weighted by atomic mass is 16.6. The maximum Gasteiger partial charge on any atom is 0.171 e. The average molecular weight is 389 g/mol. The van der Waals surface area contributed by atoms with Gasteiger partial charge in [-0.1, -0.05) is 34.1 Å². The number of ether oxygens (including phenoxy) is 2. The standard InChI is InChI=1S/C23H32O5/c1-13-7-8-17-21(2,3)9-6-10-22(17,4)23(13)20(28-23)14-11-16(25)18(26)15(12-24)19(14)27-5/h11-13,17,20,25-26H,6-10H2,1-5H3. The highest BCUT2D eigenvalue weighted by molar-refractivity contribution is 5.86. The van der Waals surface area contributed by atoms with E-state index in [4.69, 9.17) is 9.47 Å². The molecule has 1 saturated heterocycles. The number of hydrogen-bond acceptors (Lipinski definition) is 5. The van der Waals surface area contributed by atoms with Crippen molar-refractivity contribution in [3.63, 3.8) is 0 Å². The fourth-order valence-electron chi connectivity index (χ4n) is 6.97. The van der Waals surface area contributed by atoms with E-state index < -0.39 is 5.75 Å². The number of fused-ring (bicyclic) bond motifs is 2. The van der Waals surface area contributed by atoms with Crippen LogP contribution in [0.1, 0.15) is 81.8 Å². The molecular weight excluding hydrogens is 356 g/mol. The zero-order chi connectivity index (χ0) is 20.5. The lowest BCUT2D eigenvalue weighted by atomic mass is 9.45. The van der Waals surface area contributed by atoms with Crippen molar-refractivity contribution in [3.05, 3.63) is 17.2 Å². The normalized spacial score (nSPS) is 38.7. The number of hydrogen-bond donors (Lipinski definition) is 2. The molecular formula is C23H32O5. The van der Waals surface area contributed by atoms with Crippen LogP contribution in [0, 0.1) is 22.7 Å². The molecule has 1 aromatic rings. The Balaban J connectivity index is 1.83. The SMILES string of the molecule is COc1c(C2OC23C(C)CCC2C(C)(C)CCCC23C)cc(O)c(O)c1C=O. The van der Waals surface area contributed by atoms with E-state index in [2.05, 4.69) is 27.7 Å². The topological polar surface area (TPSA) is 79.3 Å². The Kier molecular flexibility index (Phi) is 4.28. The smallest absolute Gasteiger partial charge is 0.171 e. The first kappa shape index (κ1) is 19.6. The van der Waals surface area contributed by atoms with Gasteiger partial charge in [0.15, 0.2) is 17.8 Å². The van der Waals surface area contributed by atoms with E-state index in [1.807, 2.05) is 0 Å². The number of carbonyl (C=O) groups excluding carboxylic acids is 1. The molecule has 1 heterocycles. The molecule has 1 spiro atoms. The molecule has 2 N–H and O–H groups in total. The second-order valence-corrected chi connectivity index (χ2v) is 9.98. The summed E-state index contributed by atoms with van der Waals surface area (Å²) in [5.74, 6) is 0.493. The molecule has 5 atom stereocenters.